The van der Waals surface area contributed by atoms with Crippen LogP contribution in [-0.4, -0.2) is 46.5 Å². The number of carbonyl (C=O) groups is 2. The zero-order valence-corrected chi connectivity index (χ0v) is 13.6. The lowest BCUT2D eigenvalue weighted by atomic mass is 10.2. The number of carbonyl (C=O) groups excluding carboxylic acids is 2. The zero-order valence-electron chi connectivity index (χ0n) is 13.6. The van der Waals surface area contributed by atoms with Crippen LogP contribution in [0.3, 0.4) is 0 Å². The zero-order chi connectivity index (χ0) is 17.4. The number of hydrogen-bond acceptors (Lipinski definition) is 7. The predicted octanol–water partition coefficient (Wildman–Crippen LogP) is 1.99. The molecule has 0 spiro atoms. The van der Waals surface area contributed by atoms with E-state index in [9.17, 15) is 9.59 Å². The molecule has 7 heteroatoms. The molecule has 0 radical (unpaired) electrons. The highest BCUT2D eigenvalue weighted by molar-refractivity contribution is 5.92. The lowest BCUT2D eigenvalue weighted by Crippen LogP contribution is -2.15. The van der Waals surface area contributed by atoms with E-state index in [1.54, 1.807) is 6.92 Å². The predicted molar refractivity (Wildman–Crippen MR) is 82.2 cm³/mol. The summed E-state index contributed by atoms with van der Waals surface area (Å²) < 4.78 is 25.3. The van der Waals surface area contributed by atoms with Crippen LogP contribution in [0.15, 0.2) is 24.3 Å². The van der Waals surface area contributed by atoms with Crippen LogP contribution in [-0.2, 0) is 14.3 Å². The first-order chi connectivity index (χ1) is 11.0. The molecule has 0 unspecified atom stereocenters. The third-order valence-electron chi connectivity index (χ3n) is 2.84. The second-order valence-corrected chi connectivity index (χ2v) is 4.31. The fourth-order valence-electron chi connectivity index (χ4n) is 1.73. The third-order valence-corrected chi connectivity index (χ3v) is 2.84. The molecule has 1 rings (SSSR count). The number of hydrogen-bond donors (Lipinski definition) is 0. The molecule has 0 bridgehead atoms. The van der Waals surface area contributed by atoms with Gasteiger partial charge in [0.1, 0.15) is 6.61 Å². The van der Waals surface area contributed by atoms with Crippen molar-refractivity contribution in [1.82, 2.24) is 0 Å². The van der Waals surface area contributed by atoms with E-state index < -0.39 is 11.9 Å². The van der Waals surface area contributed by atoms with Crippen molar-refractivity contribution in [2.75, 3.05) is 34.5 Å². The molecule has 0 atom stereocenters. The molecule has 1 aromatic rings. The van der Waals surface area contributed by atoms with Gasteiger partial charge in [0.2, 0.25) is 5.75 Å². The number of ether oxygens (including phenoxy) is 5. The van der Waals surface area contributed by atoms with Gasteiger partial charge in [-0.05, 0) is 19.1 Å². The van der Waals surface area contributed by atoms with Gasteiger partial charge in [-0.25, -0.2) is 9.59 Å². The summed E-state index contributed by atoms with van der Waals surface area (Å²) in [7, 11) is 4.34. The van der Waals surface area contributed by atoms with Gasteiger partial charge in [-0.2, -0.15) is 0 Å². The molecule has 0 saturated heterocycles. The van der Waals surface area contributed by atoms with Crippen molar-refractivity contribution in [3.63, 3.8) is 0 Å². The van der Waals surface area contributed by atoms with Crippen molar-refractivity contribution in [2.45, 2.75) is 6.92 Å². The van der Waals surface area contributed by atoms with Gasteiger partial charge in [-0.3, -0.25) is 0 Å². The molecule has 0 N–H and O–H groups in total. The van der Waals surface area contributed by atoms with Crippen molar-refractivity contribution in [3.8, 4) is 17.2 Å². The SMILES string of the molecule is C=C(COC(=O)c1cc(OC)c(OC)c(OC)c1)C(=O)OCC. The highest BCUT2D eigenvalue weighted by atomic mass is 16.6. The second-order valence-electron chi connectivity index (χ2n) is 4.31. The van der Waals surface area contributed by atoms with E-state index in [-0.39, 0.29) is 24.4 Å². The number of rotatable bonds is 8. The van der Waals surface area contributed by atoms with E-state index in [1.807, 2.05) is 0 Å². The van der Waals surface area contributed by atoms with Crippen molar-refractivity contribution in [3.05, 3.63) is 29.8 Å². The maximum absolute atomic E-state index is 12.1. The van der Waals surface area contributed by atoms with Crippen LogP contribution in [0.4, 0.5) is 0 Å². The molecule has 0 aliphatic heterocycles. The topological polar surface area (TPSA) is 80.3 Å². The average molecular weight is 324 g/mol. The smallest absolute Gasteiger partial charge is 0.338 e. The van der Waals surface area contributed by atoms with Crippen LogP contribution in [0.5, 0.6) is 17.2 Å². The van der Waals surface area contributed by atoms with Crippen LogP contribution in [0.1, 0.15) is 17.3 Å². The maximum Gasteiger partial charge on any atom is 0.338 e. The van der Waals surface area contributed by atoms with Gasteiger partial charge in [-0.1, -0.05) is 6.58 Å². The molecule has 0 aliphatic carbocycles. The first-order valence-electron chi connectivity index (χ1n) is 6.80. The standard InChI is InChI=1S/C16H20O7/c1-6-22-15(17)10(2)9-23-16(18)11-7-12(19-3)14(21-5)13(8-11)20-4/h7-8H,2,6,9H2,1,3-5H3. The summed E-state index contributed by atoms with van der Waals surface area (Å²) in [6.07, 6.45) is 0. The Labute approximate surface area is 134 Å². The molecule has 0 fully saturated rings. The monoisotopic (exact) mass is 324 g/mol. The molecule has 0 amide bonds. The molecule has 0 saturated carbocycles. The van der Waals surface area contributed by atoms with E-state index in [0.717, 1.165) is 0 Å². The van der Waals surface area contributed by atoms with Crippen molar-refractivity contribution >= 4 is 11.9 Å². The van der Waals surface area contributed by atoms with Gasteiger partial charge in [0.05, 0.1) is 39.1 Å². The summed E-state index contributed by atoms with van der Waals surface area (Å²) in [6, 6.07) is 2.91. The van der Waals surface area contributed by atoms with Crippen LogP contribution in [0.2, 0.25) is 0 Å². The minimum Gasteiger partial charge on any atom is -0.493 e. The Morgan fingerprint density at radius 3 is 2.00 bits per heavy atom. The molecule has 126 valence electrons. The lowest BCUT2D eigenvalue weighted by molar-refractivity contribution is -0.138. The fraction of sp³-hybridized carbons (Fsp3) is 0.375. The van der Waals surface area contributed by atoms with E-state index in [1.165, 1.54) is 33.5 Å². The molecule has 0 aliphatic rings. The Hall–Kier alpha value is -2.70. The Morgan fingerprint density at radius 2 is 1.57 bits per heavy atom. The first-order valence-corrected chi connectivity index (χ1v) is 6.80. The van der Waals surface area contributed by atoms with Gasteiger partial charge < -0.3 is 23.7 Å². The summed E-state index contributed by atoms with van der Waals surface area (Å²) in [4.78, 5) is 23.5. The van der Waals surface area contributed by atoms with E-state index >= 15 is 0 Å². The highest BCUT2D eigenvalue weighted by Crippen LogP contribution is 2.38. The van der Waals surface area contributed by atoms with Crippen LogP contribution < -0.4 is 14.2 Å². The summed E-state index contributed by atoms with van der Waals surface area (Å²) in [5.41, 5.74) is 0.240. The highest BCUT2D eigenvalue weighted by Gasteiger charge is 2.19. The average Bonchev–Trinajstić information content (AvgIpc) is 2.57. The quantitative estimate of drug-likeness (QED) is 0.534. The molecular formula is C16H20O7. The van der Waals surface area contributed by atoms with Crippen LogP contribution >= 0.6 is 0 Å². The van der Waals surface area contributed by atoms with Gasteiger partial charge in [0.25, 0.3) is 0 Å². The van der Waals surface area contributed by atoms with Crippen molar-refractivity contribution < 1.29 is 33.3 Å². The molecule has 23 heavy (non-hydrogen) atoms. The largest absolute Gasteiger partial charge is 0.493 e. The Bertz CT molecular complexity index is 567. The van der Waals surface area contributed by atoms with Gasteiger partial charge in [-0.15, -0.1) is 0 Å². The van der Waals surface area contributed by atoms with Crippen molar-refractivity contribution in [1.29, 1.82) is 0 Å². The van der Waals surface area contributed by atoms with Crippen molar-refractivity contribution in [2.24, 2.45) is 0 Å². The minimum atomic E-state index is -0.658. The van der Waals surface area contributed by atoms with E-state index in [2.05, 4.69) is 6.58 Å². The first kappa shape index (κ1) is 18.3. The normalized spacial score (nSPS) is 9.74. The van der Waals surface area contributed by atoms with Crippen LogP contribution in [0.25, 0.3) is 0 Å². The number of benzene rings is 1. The molecule has 1 aromatic carbocycles. The van der Waals surface area contributed by atoms with E-state index in [0.29, 0.717) is 17.2 Å². The maximum atomic E-state index is 12.1. The van der Waals surface area contributed by atoms with Gasteiger partial charge in [0, 0.05) is 0 Å². The Balaban J connectivity index is 2.88. The minimum absolute atomic E-state index is 0.0487. The lowest BCUT2D eigenvalue weighted by Gasteiger charge is -2.14. The molecule has 0 aromatic heterocycles. The Kier molecular flexibility index (Phi) is 6.92. The van der Waals surface area contributed by atoms with E-state index in [4.69, 9.17) is 23.7 Å². The summed E-state index contributed by atoms with van der Waals surface area (Å²) >= 11 is 0. The second kappa shape index (κ2) is 8.67. The van der Waals surface area contributed by atoms with Gasteiger partial charge >= 0.3 is 11.9 Å². The molecular weight excluding hydrogens is 304 g/mol. The summed E-state index contributed by atoms with van der Waals surface area (Å²) in [5, 5.41) is 0. The molecule has 0 heterocycles. The number of methoxy groups -OCH3 is 3. The molecule has 7 nitrogen and oxygen atoms in total. The number of esters is 2. The summed E-state index contributed by atoms with van der Waals surface area (Å²) in [6.45, 7) is 5.14. The Morgan fingerprint density at radius 1 is 1.00 bits per heavy atom. The van der Waals surface area contributed by atoms with Gasteiger partial charge in [0.15, 0.2) is 11.5 Å². The van der Waals surface area contributed by atoms with Crippen LogP contribution in [0, 0.1) is 0 Å². The fourth-order valence-corrected chi connectivity index (χ4v) is 1.73. The third kappa shape index (κ3) is 4.64. The summed E-state index contributed by atoms with van der Waals surface area (Å²) in [5.74, 6) is -0.256.